The average Bonchev–Trinajstić information content (AvgIpc) is 2.53. The Hall–Kier alpha value is -1.56. The van der Waals surface area contributed by atoms with Crippen LogP contribution in [0.15, 0.2) is 12.1 Å². The lowest BCUT2D eigenvalue weighted by atomic mass is 10.0. The highest BCUT2D eigenvalue weighted by Gasteiger charge is 2.18. The van der Waals surface area contributed by atoms with Gasteiger partial charge in [-0.2, -0.15) is 11.8 Å². The van der Waals surface area contributed by atoms with Crippen LogP contribution in [-0.4, -0.2) is 38.2 Å². The van der Waals surface area contributed by atoms with Gasteiger partial charge in [0.1, 0.15) is 11.5 Å². The lowest BCUT2D eigenvalue weighted by molar-refractivity contribution is 0.0946. The number of benzene rings is 1. The third-order valence-corrected chi connectivity index (χ3v) is 4.76. The van der Waals surface area contributed by atoms with Crippen LogP contribution in [-0.2, 0) is 0 Å². The van der Waals surface area contributed by atoms with E-state index in [1.54, 1.807) is 19.2 Å². The molecule has 1 heterocycles. The molecule has 0 aromatic heterocycles. The molecule has 2 rings (SSSR count). The number of methoxy groups -OCH3 is 2. The first-order valence-electron chi connectivity index (χ1n) is 7.03. The van der Waals surface area contributed by atoms with Gasteiger partial charge in [0.05, 0.1) is 25.5 Å². The van der Waals surface area contributed by atoms with Crippen molar-refractivity contribution < 1.29 is 14.3 Å². The smallest absolute Gasteiger partial charge is 0.253 e. The van der Waals surface area contributed by atoms with Gasteiger partial charge in [0.15, 0.2) is 0 Å². The Morgan fingerprint density at radius 3 is 2.67 bits per heavy atom. The van der Waals surface area contributed by atoms with E-state index in [0.29, 0.717) is 35.2 Å². The molecule has 6 heteroatoms. The SMILES string of the molecule is COc1cc(OC)c(N)c(C(=O)NCC2CCSCC2)c1. The van der Waals surface area contributed by atoms with E-state index in [4.69, 9.17) is 15.2 Å². The number of carbonyl (C=O) groups excluding carboxylic acids is 1. The Morgan fingerprint density at radius 2 is 2.05 bits per heavy atom. The molecule has 5 nitrogen and oxygen atoms in total. The molecule has 3 N–H and O–H groups in total. The molecule has 1 aromatic carbocycles. The minimum Gasteiger partial charge on any atom is -0.497 e. The Bertz CT molecular complexity index is 502. The van der Waals surface area contributed by atoms with Crippen LogP contribution in [0.3, 0.4) is 0 Å². The molecule has 1 amide bonds. The molecule has 1 aliphatic rings. The van der Waals surface area contributed by atoms with Crippen molar-refractivity contribution in [3.63, 3.8) is 0 Å². The number of thioether (sulfide) groups is 1. The second-order valence-corrected chi connectivity index (χ2v) is 6.28. The number of nitrogens with two attached hydrogens (primary N) is 1. The van der Waals surface area contributed by atoms with Gasteiger partial charge in [-0.05, 0) is 36.3 Å². The summed E-state index contributed by atoms with van der Waals surface area (Å²) in [6, 6.07) is 3.31. The van der Waals surface area contributed by atoms with E-state index in [0.717, 1.165) is 12.8 Å². The monoisotopic (exact) mass is 310 g/mol. The average molecular weight is 310 g/mol. The summed E-state index contributed by atoms with van der Waals surface area (Å²) in [6.07, 6.45) is 2.31. The van der Waals surface area contributed by atoms with E-state index in [1.165, 1.54) is 18.6 Å². The fourth-order valence-corrected chi connectivity index (χ4v) is 3.56. The highest BCUT2D eigenvalue weighted by molar-refractivity contribution is 7.99. The molecule has 1 aromatic rings. The van der Waals surface area contributed by atoms with E-state index >= 15 is 0 Å². The van der Waals surface area contributed by atoms with Crippen LogP contribution < -0.4 is 20.5 Å². The second kappa shape index (κ2) is 7.45. The summed E-state index contributed by atoms with van der Waals surface area (Å²) >= 11 is 1.98. The maximum Gasteiger partial charge on any atom is 0.253 e. The zero-order valence-corrected chi connectivity index (χ0v) is 13.3. The standard InChI is InChI=1S/C15H22N2O3S/c1-19-11-7-12(14(16)13(8-11)20-2)15(18)17-9-10-3-5-21-6-4-10/h7-8,10H,3-6,9,16H2,1-2H3,(H,17,18). The number of ether oxygens (including phenoxy) is 2. The van der Waals surface area contributed by atoms with E-state index in [2.05, 4.69) is 5.32 Å². The van der Waals surface area contributed by atoms with Gasteiger partial charge in [0, 0.05) is 12.6 Å². The zero-order valence-electron chi connectivity index (χ0n) is 12.5. The van der Waals surface area contributed by atoms with Crippen LogP contribution in [0.25, 0.3) is 0 Å². The summed E-state index contributed by atoms with van der Waals surface area (Å²) in [7, 11) is 3.07. The molecule has 0 bridgehead atoms. The highest BCUT2D eigenvalue weighted by atomic mass is 32.2. The Balaban J connectivity index is 2.07. The molecular weight excluding hydrogens is 288 g/mol. The number of carbonyl (C=O) groups is 1. The van der Waals surface area contributed by atoms with Crippen LogP contribution >= 0.6 is 11.8 Å². The Morgan fingerprint density at radius 1 is 1.33 bits per heavy atom. The molecule has 1 fully saturated rings. The van der Waals surface area contributed by atoms with Crippen molar-refractivity contribution in [3.05, 3.63) is 17.7 Å². The van der Waals surface area contributed by atoms with Gasteiger partial charge in [-0.15, -0.1) is 0 Å². The van der Waals surface area contributed by atoms with E-state index in [-0.39, 0.29) is 5.91 Å². The Labute approximate surface area is 129 Å². The van der Waals surface area contributed by atoms with Crippen LogP contribution in [0, 0.1) is 5.92 Å². The summed E-state index contributed by atoms with van der Waals surface area (Å²) in [5, 5.41) is 2.97. The van der Waals surface area contributed by atoms with Gasteiger partial charge in [0.2, 0.25) is 0 Å². The molecule has 1 saturated heterocycles. The molecule has 1 aliphatic heterocycles. The number of hydrogen-bond acceptors (Lipinski definition) is 5. The number of amides is 1. The summed E-state index contributed by atoms with van der Waals surface area (Å²) in [6.45, 7) is 0.693. The fraction of sp³-hybridized carbons (Fsp3) is 0.533. The molecule has 0 aliphatic carbocycles. The number of nitrogens with one attached hydrogen (secondary N) is 1. The third-order valence-electron chi connectivity index (χ3n) is 3.71. The summed E-state index contributed by atoms with van der Waals surface area (Å²) in [5.41, 5.74) is 6.72. The minimum absolute atomic E-state index is 0.178. The van der Waals surface area contributed by atoms with Crippen molar-refractivity contribution >= 4 is 23.4 Å². The number of hydrogen-bond donors (Lipinski definition) is 2. The Kier molecular flexibility index (Phi) is 5.61. The topological polar surface area (TPSA) is 73.6 Å². The first-order valence-corrected chi connectivity index (χ1v) is 8.18. The van der Waals surface area contributed by atoms with Gasteiger partial charge in [0.25, 0.3) is 5.91 Å². The van der Waals surface area contributed by atoms with Gasteiger partial charge < -0.3 is 20.5 Å². The van der Waals surface area contributed by atoms with Gasteiger partial charge in [-0.3, -0.25) is 4.79 Å². The second-order valence-electron chi connectivity index (χ2n) is 5.06. The zero-order chi connectivity index (χ0) is 15.2. The van der Waals surface area contributed by atoms with Crippen molar-refractivity contribution in [3.8, 4) is 11.5 Å². The van der Waals surface area contributed by atoms with Crippen molar-refractivity contribution in [2.75, 3.05) is 38.0 Å². The van der Waals surface area contributed by atoms with E-state index in [9.17, 15) is 4.79 Å². The number of anilines is 1. The largest absolute Gasteiger partial charge is 0.497 e. The molecule has 116 valence electrons. The molecule has 0 saturated carbocycles. The quantitative estimate of drug-likeness (QED) is 0.815. The predicted molar refractivity (Wildman–Crippen MR) is 86.3 cm³/mol. The molecule has 21 heavy (non-hydrogen) atoms. The number of rotatable bonds is 5. The lowest BCUT2D eigenvalue weighted by Gasteiger charge is -2.21. The lowest BCUT2D eigenvalue weighted by Crippen LogP contribution is -2.31. The molecular formula is C15H22N2O3S. The van der Waals surface area contributed by atoms with Gasteiger partial charge in [-0.25, -0.2) is 0 Å². The summed E-state index contributed by atoms with van der Waals surface area (Å²) in [4.78, 5) is 12.3. The first kappa shape index (κ1) is 15.8. The van der Waals surface area contributed by atoms with Crippen molar-refractivity contribution in [1.29, 1.82) is 0 Å². The van der Waals surface area contributed by atoms with Crippen LogP contribution in [0.1, 0.15) is 23.2 Å². The molecule has 0 unspecified atom stereocenters. The predicted octanol–water partition coefficient (Wildman–Crippen LogP) is 2.16. The number of nitrogen functional groups attached to an aromatic ring is 1. The maximum absolute atomic E-state index is 12.3. The van der Waals surface area contributed by atoms with Crippen molar-refractivity contribution in [1.82, 2.24) is 5.32 Å². The molecule has 0 spiro atoms. The molecule has 0 radical (unpaired) electrons. The van der Waals surface area contributed by atoms with E-state index < -0.39 is 0 Å². The summed E-state index contributed by atoms with van der Waals surface area (Å²) in [5.74, 6) is 3.74. The van der Waals surface area contributed by atoms with E-state index in [1.807, 2.05) is 11.8 Å². The van der Waals surface area contributed by atoms with Crippen LogP contribution in [0.5, 0.6) is 11.5 Å². The van der Waals surface area contributed by atoms with Gasteiger partial charge in [-0.1, -0.05) is 0 Å². The first-order chi connectivity index (χ1) is 10.2. The van der Waals surface area contributed by atoms with Gasteiger partial charge >= 0.3 is 0 Å². The fourth-order valence-electron chi connectivity index (χ4n) is 2.36. The van der Waals surface area contributed by atoms with Crippen LogP contribution in [0.2, 0.25) is 0 Å². The maximum atomic E-state index is 12.3. The van der Waals surface area contributed by atoms with Crippen LogP contribution in [0.4, 0.5) is 5.69 Å². The van der Waals surface area contributed by atoms with Crippen molar-refractivity contribution in [2.24, 2.45) is 5.92 Å². The normalized spacial score (nSPS) is 15.5. The van der Waals surface area contributed by atoms with Crippen molar-refractivity contribution in [2.45, 2.75) is 12.8 Å². The highest BCUT2D eigenvalue weighted by Crippen LogP contribution is 2.31. The third kappa shape index (κ3) is 3.97. The summed E-state index contributed by atoms with van der Waals surface area (Å²) < 4.78 is 10.4. The molecule has 0 atom stereocenters. The minimum atomic E-state index is -0.178.